The predicted molar refractivity (Wildman–Crippen MR) is 55.4 cm³/mol. The molecule has 2 aromatic rings. The molecule has 0 saturated carbocycles. The fraction of sp³-hybridized carbons (Fsp3) is 0.111. The molecule has 0 radical (unpaired) electrons. The summed E-state index contributed by atoms with van der Waals surface area (Å²) in [5.74, 6) is 0.358. The largest absolute Gasteiger partial charge is 1.00 e. The molecule has 0 aliphatic heterocycles. The van der Waals surface area contributed by atoms with E-state index in [1.165, 1.54) is 4.68 Å². The zero-order valence-corrected chi connectivity index (χ0v) is 11.1. The Morgan fingerprint density at radius 3 is 2.38 bits per heavy atom. The molecule has 78 valence electrons. The van der Waals surface area contributed by atoms with Crippen LogP contribution in [0.4, 0.5) is 0 Å². The summed E-state index contributed by atoms with van der Waals surface area (Å²) in [6, 6.07) is 9.16. The Labute approximate surface area is 115 Å². The molecule has 16 heavy (non-hydrogen) atoms. The van der Waals surface area contributed by atoms with E-state index in [4.69, 9.17) is 0 Å². The van der Waals surface area contributed by atoms with Crippen LogP contribution in [0.1, 0.15) is 11.4 Å². The fourth-order valence-electron chi connectivity index (χ4n) is 1.16. The van der Waals surface area contributed by atoms with Crippen molar-refractivity contribution in [2.45, 2.75) is 0 Å². The SMILES string of the molecule is Cn1nnnc1C(=[N-])c1ccccc1.O.[Na+]. The number of aryl methyl sites for hydroxylation is 1. The van der Waals surface area contributed by atoms with Crippen molar-refractivity contribution in [2.24, 2.45) is 7.05 Å². The maximum Gasteiger partial charge on any atom is 1.00 e. The first-order chi connectivity index (χ1) is 6.79. The minimum atomic E-state index is 0. The van der Waals surface area contributed by atoms with Crippen LogP contribution in [0.25, 0.3) is 5.41 Å². The van der Waals surface area contributed by atoms with Crippen LogP contribution in [0.5, 0.6) is 0 Å². The summed E-state index contributed by atoms with van der Waals surface area (Å²) >= 11 is 0. The predicted octanol–water partition coefficient (Wildman–Crippen LogP) is -3.20. The first kappa shape index (κ1) is 14.9. The maximum atomic E-state index is 9.81. The Kier molecular flexibility index (Phi) is 6.05. The molecule has 0 bridgehead atoms. The second-order valence-electron chi connectivity index (χ2n) is 2.84. The molecular formula is C9H10N5NaO. The van der Waals surface area contributed by atoms with Gasteiger partial charge in [-0.3, -0.25) is 0 Å². The van der Waals surface area contributed by atoms with Crippen LogP contribution >= 0.6 is 0 Å². The van der Waals surface area contributed by atoms with Crippen LogP contribution in [-0.2, 0) is 7.05 Å². The van der Waals surface area contributed by atoms with Crippen molar-refractivity contribution in [1.29, 1.82) is 0 Å². The van der Waals surface area contributed by atoms with Gasteiger partial charge in [-0.25, -0.2) is 4.68 Å². The second-order valence-corrected chi connectivity index (χ2v) is 2.84. The van der Waals surface area contributed by atoms with E-state index in [9.17, 15) is 5.41 Å². The van der Waals surface area contributed by atoms with Gasteiger partial charge in [-0.2, -0.15) is 0 Å². The number of hydrogen-bond acceptors (Lipinski definition) is 3. The van der Waals surface area contributed by atoms with Gasteiger partial charge in [0.05, 0.1) is 0 Å². The van der Waals surface area contributed by atoms with Gasteiger partial charge in [-0.1, -0.05) is 30.3 Å². The van der Waals surface area contributed by atoms with Gasteiger partial charge in [-0.15, -0.1) is 10.8 Å². The molecule has 0 atom stereocenters. The minimum absolute atomic E-state index is 0. The van der Waals surface area contributed by atoms with Crippen LogP contribution in [0, 0.1) is 0 Å². The maximum absolute atomic E-state index is 9.81. The summed E-state index contributed by atoms with van der Waals surface area (Å²) in [5.41, 5.74) is 0.781. The van der Waals surface area contributed by atoms with Crippen LogP contribution in [-0.4, -0.2) is 31.4 Å². The third-order valence-electron chi connectivity index (χ3n) is 1.88. The number of aromatic nitrogens is 4. The van der Waals surface area contributed by atoms with E-state index in [0.29, 0.717) is 11.4 Å². The van der Waals surface area contributed by atoms with Crippen LogP contribution in [0.15, 0.2) is 30.3 Å². The number of tetrazole rings is 1. The Morgan fingerprint density at radius 1 is 1.25 bits per heavy atom. The average Bonchev–Trinajstić information content (AvgIpc) is 2.65. The standard InChI is InChI=1S/C9H8N5.Na.H2O/c1-14-9(11-12-13-14)8(10)7-5-3-2-4-6-7;;/h2-6H,1H3;;1H2/q-1;+1;. The summed E-state index contributed by atoms with van der Waals surface area (Å²) in [5, 5.41) is 20.6. The third-order valence-corrected chi connectivity index (χ3v) is 1.88. The van der Waals surface area contributed by atoms with Crippen molar-refractivity contribution in [3.8, 4) is 0 Å². The van der Waals surface area contributed by atoms with E-state index < -0.39 is 0 Å². The van der Waals surface area contributed by atoms with Gasteiger partial charge in [-0.05, 0) is 16.0 Å². The molecule has 0 aliphatic carbocycles. The van der Waals surface area contributed by atoms with Crippen molar-refractivity contribution in [1.82, 2.24) is 20.2 Å². The monoisotopic (exact) mass is 227 g/mol. The average molecular weight is 227 g/mol. The summed E-state index contributed by atoms with van der Waals surface area (Å²) in [4.78, 5) is 0. The first-order valence-electron chi connectivity index (χ1n) is 4.13. The van der Waals surface area contributed by atoms with Crippen molar-refractivity contribution in [3.05, 3.63) is 47.1 Å². The molecule has 1 aromatic carbocycles. The van der Waals surface area contributed by atoms with E-state index in [-0.39, 0.29) is 40.7 Å². The third kappa shape index (κ3) is 2.96. The molecular weight excluding hydrogens is 217 g/mol. The summed E-state index contributed by atoms with van der Waals surface area (Å²) in [6.07, 6.45) is 0. The van der Waals surface area contributed by atoms with Gasteiger partial charge in [0.25, 0.3) is 0 Å². The molecule has 7 heteroatoms. The quantitative estimate of drug-likeness (QED) is 0.399. The van der Waals surface area contributed by atoms with E-state index >= 15 is 0 Å². The van der Waals surface area contributed by atoms with Crippen LogP contribution < -0.4 is 29.6 Å². The second kappa shape index (κ2) is 6.49. The molecule has 0 spiro atoms. The Bertz CT molecular complexity index is 456. The summed E-state index contributed by atoms with van der Waals surface area (Å²) in [6.45, 7) is 0. The van der Waals surface area contributed by atoms with Gasteiger partial charge in [0.2, 0.25) is 0 Å². The van der Waals surface area contributed by atoms with Crippen molar-refractivity contribution < 1.29 is 35.0 Å². The number of benzene rings is 1. The van der Waals surface area contributed by atoms with E-state index in [2.05, 4.69) is 15.5 Å². The van der Waals surface area contributed by atoms with E-state index in [0.717, 1.165) is 0 Å². The smallest absolute Gasteiger partial charge is 0.800 e. The molecule has 6 nitrogen and oxygen atoms in total. The van der Waals surface area contributed by atoms with Gasteiger partial charge in [0, 0.05) is 7.05 Å². The van der Waals surface area contributed by atoms with Gasteiger partial charge in [0.1, 0.15) is 0 Å². The molecule has 0 amide bonds. The minimum Gasteiger partial charge on any atom is -0.800 e. The molecule has 2 N–H and O–H groups in total. The van der Waals surface area contributed by atoms with Gasteiger partial charge < -0.3 is 10.9 Å². The normalized spacial score (nSPS) is 8.81. The van der Waals surface area contributed by atoms with Crippen LogP contribution in [0.2, 0.25) is 0 Å². The van der Waals surface area contributed by atoms with Crippen LogP contribution in [0.3, 0.4) is 0 Å². The number of nitrogens with zero attached hydrogens (tertiary/aromatic N) is 5. The van der Waals surface area contributed by atoms with E-state index in [1.54, 1.807) is 19.2 Å². The Balaban J connectivity index is 0.00000112. The molecule has 1 aromatic heterocycles. The molecule has 0 unspecified atom stereocenters. The first-order valence-corrected chi connectivity index (χ1v) is 4.13. The molecule has 0 aliphatic rings. The molecule has 2 rings (SSSR count). The topological polar surface area (TPSA) is 97.4 Å². The Hall–Kier alpha value is -1.08. The van der Waals surface area contributed by atoms with E-state index in [1.807, 2.05) is 18.2 Å². The zero-order chi connectivity index (χ0) is 9.97. The molecule has 1 heterocycles. The Morgan fingerprint density at radius 2 is 1.88 bits per heavy atom. The molecule has 0 fully saturated rings. The summed E-state index contributed by atoms with van der Waals surface area (Å²) in [7, 11) is 1.68. The number of hydrogen-bond donors (Lipinski definition) is 0. The van der Waals surface area contributed by atoms with Crippen molar-refractivity contribution in [2.75, 3.05) is 0 Å². The molecule has 0 saturated heterocycles. The van der Waals surface area contributed by atoms with Crippen molar-refractivity contribution >= 4 is 5.71 Å². The fourth-order valence-corrected chi connectivity index (χ4v) is 1.16. The van der Waals surface area contributed by atoms with Gasteiger partial charge in [0.15, 0.2) is 5.82 Å². The van der Waals surface area contributed by atoms with Gasteiger partial charge >= 0.3 is 29.6 Å². The zero-order valence-electron chi connectivity index (χ0n) is 9.12. The summed E-state index contributed by atoms with van der Waals surface area (Å²) < 4.78 is 1.42. The number of rotatable bonds is 2. The van der Waals surface area contributed by atoms with Crippen molar-refractivity contribution in [3.63, 3.8) is 0 Å².